The van der Waals surface area contributed by atoms with Gasteiger partial charge in [0.15, 0.2) is 21.2 Å². The molecule has 0 saturated heterocycles. The lowest BCUT2D eigenvalue weighted by atomic mass is 10.3. The minimum atomic E-state index is -1.18. The van der Waals surface area contributed by atoms with E-state index in [-0.39, 0.29) is 10.4 Å². The van der Waals surface area contributed by atoms with Gasteiger partial charge in [0, 0.05) is 0 Å². The Morgan fingerprint density at radius 3 is 2.73 bits per heavy atom. The van der Waals surface area contributed by atoms with Crippen molar-refractivity contribution in [3.8, 4) is 0 Å². The van der Waals surface area contributed by atoms with Crippen LogP contribution in [0.15, 0.2) is 0 Å². The first-order valence-electron chi connectivity index (χ1n) is 3.68. The summed E-state index contributed by atoms with van der Waals surface area (Å²) in [7, 11) is 0. The number of carbonyl (C=O) groups is 1. The van der Waals surface area contributed by atoms with E-state index in [9.17, 15) is 7.86 Å². The number of hydrogen-bond donors (Lipinski definition) is 0. The quantitative estimate of drug-likeness (QED) is 0.321. The van der Waals surface area contributed by atoms with Crippen LogP contribution in [0, 0.1) is 0 Å². The molecular formula is C7H13IO3. The summed E-state index contributed by atoms with van der Waals surface area (Å²) in [6.07, 6.45) is 3.12. The highest BCUT2D eigenvalue weighted by Gasteiger charge is 1.99. The van der Waals surface area contributed by atoms with Crippen LogP contribution in [0.1, 0.15) is 26.2 Å². The van der Waals surface area contributed by atoms with Gasteiger partial charge in [-0.25, -0.2) is 0 Å². The number of esters is 1. The Balaban J connectivity index is 3.10. The normalized spacial score (nSPS) is 9.55. The van der Waals surface area contributed by atoms with Crippen molar-refractivity contribution in [2.45, 2.75) is 26.2 Å². The molecule has 11 heavy (non-hydrogen) atoms. The summed E-state index contributed by atoms with van der Waals surface area (Å²) in [5, 5.41) is 0. The summed E-state index contributed by atoms with van der Waals surface area (Å²) in [5.74, 6) is -0.316. The second-order valence-electron chi connectivity index (χ2n) is 2.17. The molecule has 0 spiro atoms. The Labute approximate surface area is 77.1 Å². The van der Waals surface area contributed by atoms with Crippen molar-refractivity contribution >= 4 is 27.2 Å². The molecule has 0 aliphatic rings. The molecule has 3 nitrogen and oxygen atoms in total. The average molecular weight is 272 g/mol. The van der Waals surface area contributed by atoms with Crippen LogP contribution >= 0.6 is 21.2 Å². The standard InChI is InChI=1S/C7H13IO3/c1-2-3-4-5-11-7(9)6-8-10/h2-6H2,1H3. The third-order valence-corrected chi connectivity index (χ3v) is 2.11. The Kier molecular flexibility index (Phi) is 8.10. The maximum Gasteiger partial charge on any atom is 0.318 e. The van der Waals surface area contributed by atoms with Gasteiger partial charge in [-0.1, -0.05) is 19.8 Å². The molecule has 0 aromatic heterocycles. The van der Waals surface area contributed by atoms with E-state index in [0.717, 1.165) is 19.3 Å². The van der Waals surface area contributed by atoms with Gasteiger partial charge in [0.05, 0.1) is 6.61 Å². The van der Waals surface area contributed by atoms with Crippen molar-refractivity contribution in [3.05, 3.63) is 0 Å². The summed E-state index contributed by atoms with van der Waals surface area (Å²) in [5.41, 5.74) is 0. The van der Waals surface area contributed by atoms with Crippen molar-refractivity contribution in [1.82, 2.24) is 0 Å². The molecule has 0 amide bonds. The summed E-state index contributed by atoms with van der Waals surface area (Å²) in [6.45, 7) is 2.57. The lowest BCUT2D eigenvalue weighted by molar-refractivity contribution is -0.140. The molecule has 0 unspecified atom stereocenters. The van der Waals surface area contributed by atoms with E-state index < -0.39 is 21.2 Å². The first-order valence-corrected chi connectivity index (χ1v) is 6.09. The smallest absolute Gasteiger partial charge is 0.318 e. The second kappa shape index (κ2) is 8.10. The SMILES string of the molecule is CCCCCOC(=O)CI=O. The number of alkyl halides is 1. The minimum absolute atomic E-state index is 0.116. The number of halogens is 1. The fourth-order valence-electron chi connectivity index (χ4n) is 0.621. The van der Waals surface area contributed by atoms with E-state index in [1.807, 2.05) is 0 Å². The molecule has 0 aliphatic carbocycles. The predicted octanol–water partition coefficient (Wildman–Crippen LogP) is 2.04. The zero-order valence-electron chi connectivity index (χ0n) is 6.64. The van der Waals surface area contributed by atoms with Crippen molar-refractivity contribution in [2.24, 2.45) is 0 Å². The molecule has 0 aromatic rings. The van der Waals surface area contributed by atoms with Gasteiger partial charge in [-0.05, 0) is 6.42 Å². The zero-order valence-corrected chi connectivity index (χ0v) is 8.80. The van der Waals surface area contributed by atoms with Crippen LogP contribution < -0.4 is 0 Å². The van der Waals surface area contributed by atoms with Gasteiger partial charge in [0.2, 0.25) is 0 Å². The molecule has 0 rings (SSSR count). The second-order valence-corrected chi connectivity index (χ2v) is 3.56. The maximum absolute atomic E-state index is 10.6. The molecule has 0 N–H and O–H groups in total. The predicted molar refractivity (Wildman–Crippen MR) is 50.1 cm³/mol. The highest BCUT2D eigenvalue weighted by Crippen LogP contribution is 1.97. The molecule has 4 heteroatoms. The van der Waals surface area contributed by atoms with Gasteiger partial charge in [-0.3, -0.25) is 7.86 Å². The molecule has 0 heterocycles. The fraction of sp³-hybridized carbons (Fsp3) is 0.857. The van der Waals surface area contributed by atoms with E-state index in [0.29, 0.717) is 6.61 Å². The lowest BCUT2D eigenvalue weighted by Gasteiger charge is -1.99. The molecule has 0 saturated carbocycles. The van der Waals surface area contributed by atoms with Crippen molar-refractivity contribution in [2.75, 3.05) is 11.0 Å². The Morgan fingerprint density at radius 1 is 1.45 bits per heavy atom. The lowest BCUT2D eigenvalue weighted by Crippen LogP contribution is -2.06. The number of ether oxygens (including phenoxy) is 1. The Morgan fingerprint density at radius 2 is 2.18 bits per heavy atom. The van der Waals surface area contributed by atoms with Gasteiger partial charge >= 0.3 is 5.97 Å². The van der Waals surface area contributed by atoms with Crippen LogP contribution in [0.4, 0.5) is 0 Å². The monoisotopic (exact) mass is 272 g/mol. The summed E-state index contributed by atoms with van der Waals surface area (Å²) in [4.78, 5) is 10.6. The number of carbonyl (C=O) groups excluding carboxylic acids is 1. The van der Waals surface area contributed by atoms with Crippen molar-refractivity contribution in [1.29, 1.82) is 0 Å². The van der Waals surface area contributed by atoms with Crippen LogP contribution in [0.2, 0.25) is 0 Å². The number of rotatable bonds is 6. The Bertz CT molecular complexity index is 125. The van der Waals surface area contributed by atoms with E-state index >= 15 is 0 Å². The van der Waals surface area contributed by atoms with E-state index in [1.54, 1.807) is 0 Å². The van der Waals surface area contributed by atoms with Crippen LogP contribution in [-0.4, -0.2) is 17.0 Å². The number of unbranched alkanes of at least 4 members (excludes halogenated alkanes) is 2. The molecule has 0 aliphatic heterocycles. The molecule has 66 valence electrons. The van der Waals surface area contributed by atoms with Crippen LogP contribution in [0.3, 0.4) is 0 Å². The van der Waals surface area contributed by atoms with Gasteiger partial charge < -0.3 is 4.74 Å². The molecule has 0 bridgehead atoms. The first-order chi connectivity index (χ1) is 5.31. The summed E-state index contributed by atoms with van der Waals surface area (Å²) >= 11 is -1.18. The van der Waals surface area contributed by atoms with E-state index in [1.165, 1.54) is 0 Å². The van der Waals surface area contributed by atoms with Crippen LogP contribution in [0.5, 0.6) is 0 Å². The van der Waals surface area contributed by atoms with Gasteiger partial charge in [0.1, 0.15) is 4.43 Å². The molecule has 0 radical (unpaired) electrons. The van der Waals surface area contributed by atoms with Crippen LogP contribution in [0.25, 0.3) is 0 Å². The summed E-state index contributed by atoms with van der Waals surface area (Å²) < 4.78 is 14.9. The van der Waals surface area contributed by atoms with Crippen molar-refractivity contribution in [3.63, 3.8) is 0 Å². The van der Waals surface area contributed by atoms with Gasteiger partial charge in [0.25, 0.3) is 0 Å². The number of hydrogen-bond acceptors (Lipinski definition) is 3. The molecule has 0 aromatic carbocycles. The zero-order chi connectivity index (χ0) is 8.53. The minimum Gasteiger partial charge on any atom is -0.465 e. The first kappa shape index (κ1) is 11.0. The van der Waals surface area contributed by atoms with E-state index in [2.05, 4.69) is 6.92 Å². The fourth-order valence-corrected chi connectivity index (χ4v) is 1.10. The molecule has 0 atom stereocenters. The highest BCUT2D eigenvalue weighted by atomic mass is 127. The average Bonchev–Trinajstić information content (AvgIpc) is 1.99. The summed E-state index contributed by atoms with van der Waals surface area (Å²) in [6, 6.07) is 0. The topological polar surface area (TPSA) is 43.4 Å². The van der Waals surface area contributed by atoms with Gasteiger partial charge in [-0.15, -0.1) is 0 Å². The van der Waals surface area contributed by atoms with E-state index in [4.69, 9.17) is 4.74 Å². The van der Waals surface area contributed by atoms with Crippen LogP contribution in [-0.2, 0) is 12.6 Å². The maximum atomic E-state index is 10.6. The third kappa shape index (κ3) is 7.90. The third-order valence-electron chi connectivity index (χ3n) is 1.17. The molecule has 0 fully saturated rings. The van der Waals surface area contributed by atoms with Crippen molar-refractivity contribution < 1.29 is 12.6 Å². The highest BCUT2D eigenvalue weighted by molar-refractivity contribution is 14.1. The largest absolute Gasteiger partial charge is 0.465 e. The molecular weight excluding hydrogens is 259 g/mol. The Hall–Kier alpha value is -0.0000000000000000555. The van der Waals surface area contributed by atoms with Gasteiger partial charge in [-0.2, -0.15) is 0 Å².